The van der Waals surface area contributed by atoms with Gasteiger partial charge in [0.25, 0.3) is 0 Å². The zero-order valence-electron chi connectivity index (χ0n) is 6.03. The molecule has 0 rings (SSSR count). The topological polar surface area (TPSA) is 0 Å². The fraction of sp³-hybridized carbons (Fsp3) is 0.500. The molecular formula is C8H14S2. The van der Waals surface area contributed by atoms with E-state index in [1.54, 1.807) is 0 Å². The van der Waals surface area contributed by atoms with Gasteiger partial charge in [-0.3, -0.25) is 0 Å². The third-order valence-corrected chi connectivity index (χ3v) is 2.42. The van der Waals surface area contributed by atoms with Crippen molar-refractivity contribution in [2.24, 2.45) is 11.8 Å². The molecule has 0 aromatic carbocycles. The molecule has 0 fully saturated rings. The van der Waals surface area contributed by atoms with E-state index in [0.29, 0.717) is 11.8 Å². The van der Waals surface area contributed by atoms with Crippen molar-refractivity contribution >= 4 is 25.3 Å². The zero-order chi connectivity index (χ0) is 7.98. The van der Waals surface area contributed by atoms with E-state index in [9.17, 15) is 0 Å². The highest BCUT2D eigenvalue weighted by molar-refractivity contribution is 7.80. The maximum absolute atomic E-state index is 4.19. The van der Waals surface area contributed by atoms with Gasteiger partial charge in [0, 0.05) is 0 Å². The molecule has 0 aliphatic carbocycles. The molecule has 0 saturated heterocycles. The minimum absolute atomic E-state index is 0.415. The quantitative estimate of drug-likeness (QED) is 0.464. The van der Waals surface area contributed by atoms with Gasteiger partial charge in [-0.05, 0) is 23.3 Å². The molecular weight excluding hydrogens is 160 g/mol. The van der Waals surface area contributed by atoms with Crippen LogP contribution in [0.25, 0.3) is 0 Å². The van der Waals surface area contributed by atoms with Crippen LogP contribution in [0, 0.1) is 11.8 Å². The van der Waals surface area contributed by atoms with Gasteiger partial charge in [0.05, 0.1) is 0 Å². The Labute approximate surface area is 74.2 Å². The normalized spacial score (nSPS) is 15.8. The summed E-state index contributed by atoms with van der Waals surface area (Å²) in [4.78, 5) is 0. The van der Waals surface area contributed by atoms with Gasteiger partial charge in [-0.25, -0.2) is 0 Å². The fourth-order valence-corrected chi connectivity index (χ4v) is 1.61. The molecule has 0 aliphatic rings. The van der Waals surface area contributed by atoms with E-state index >= 15 is 0 Å². The van der Waals surface area contributed by atoms with Crippen LogP contribution in [0.15, 0.2) is 25.3 Å². The second kappa shape index (κ2) is 5.93. The number of thiol groups is 2. The molecule has 0 unspecified atom stereocenters. The highest BCUT2D eigenvalue weighted by Gasteiger charge is 2.11. The molecule has 2 heteroatoms. The first-order valence-electron chi connectivity index (χ1n) is 3.27. The van der Waals surface area contributed by atoms with E-state index in [2.05, 4.69) is 38.4 Å². The smallest absolute Gasteiger partial charge is 0.00290 e. The summed E-state index contributed by atoms with van der Waals surface area (Å²) in [5.41, 5.74) is 0. The minimum atomic E-state index is 0.415. The van der Waals surface area contributed by atoms with Crippen LogP contribution in [0.3, 0.4) is 0 Å². The van der Waals surface area contributed by atoms with Gasteiger partial charge < -0.3 is 0 Å². The Balaban J connectivity index is 3.93. The largest absolute Gasteiger partial charge is 0.179 e. The molecule has 0 aromatic rings. The average molecular weight is 174 g/mol. The van der Waals surface area contributed by atoms with Crippen LogP contribution in [-0.2, 0) is 0 Å². The molecule has 0 heterocycles. The Hall–Kier alpha value is 0.180. The van der Waals surface area contributed by atoms with E-state index in [4.69, 9.17) is 0 Å². The zero-order valence-corrected chi connectivity index (χ0v) is 7.82. The van der Waals surface area contributed by atoms with E-state index in [1.165, 1.54) is 0 Å². The third kappa shape index (κ3) is 2.84. The first-order valence-corrected chi connectivity index (χ1v) is 4.53. The van der Waals surface area contributed by atoms with E-state index < -0.39 is 0 Å². The van der Waals surface area contributed by atoms with Gasteiger partial charge in [0.1, 0.15) is 0 Å². The van der Waals surface area contributed by atoms with Crippen molar-refractivity contribution in [3.63, 3.8) is 0 Å². The van der Waals surface area contributed by atoms with Gasteiger partial charge in [-0.2, -0.15) is 25.3 Å². The SMILES string of the molecule is C=C[C@H](CS)[C@H](C=C)CS. The van der Waals surface area contributed by atoms with Crippen molar-refractivity contribution in [2.45, 2.75) is 0 Å². The summed E-state index contributed by atoms with van der Waals surface area (Å²) in [6, 6.07) is 0. The summed E-state index contributed by atoms with van der Waals surface area (Å²) in [6.45, 7) is 7.44. The van der Waals surface area contributed by atoms with Crippen LogP contribution < -0.4 is 0 Å². The summed E-state index contributed by atoms with van der Waals surface area (Å²) >= 11 is 8.38. The Kier molecular flexibility index (Phi) is 6.03. The Morgan fingerprint density at radius 1 is 1.00 bits per heavy atom. The molecule has 0 saturated carbocycles. The van der Waals surface area contributed by atoms with Gasteiger partial charge in [-0.15, -0.1) is 13.2 Å². The lowest BCUT2D eigenvalue weighted by atomic mass is 9.96. The second-order valence-electron chi connectivity index (χ2n) is 2.16. The van der Waals surface area contributed by atoms with Crippen LogP contribution in [0.5, 0.6) is 0 Å². The van der Waals surface area contributed by atoms with Gasteiger partial charge in [0.2, 0.25) is 0 Å². The summed E-state index contributed by atoms with van der Waals surface area (Å²) < 4.78 is 0. The van der Waals surface area contributed by atoms with E-state index in [1.807, 2.05) is 12.2 Å². The second-order valence-corrected chi connectivity index (χ2v) is 2.89. The molecule has 0 aliphatic heterocycles. The van der Waals surface area contributed by atoms with Crippen molar-refractivity contribution in [1.29, 1.82) is 0 Å². The monoisotopic (exact) mass is 174 g/mol. The summed E-state index contributed by atoms with van der Waals surface area (Å²) in [5.74, 6) is 2.47. The lowest BCUT2D eigenvalue weighted by molar-refractivity contribution is 0.580. The Morgan fingerprint density at radius 2 is 1.30 bits per heavy atom. The Morgan fingerprint density at radius 3 is 1.40 bits per heavy atom. The predicted molar refractivity (Wildman–Crippen MR) is 55.1 cm³/mol. The van der Waals surface area contributed by atoms with Crippen LogP contribution >= 0.6 is 25.3 Å². The highest BCUT2D eigenvalue weighted by Crippen LogP contribution is 2.16. The maximum Gasteiger partial charge on any atom is -0.00290 e. The third-order valence-electron chi connectivity index (χ3n) is 1.58. The summed E-state index contributed by atoms with van der Waals surface area (Å²) in [7, 11) is 0. The number of allylic oxidation sites excluding steroid dienone is 2. The number of hydrogen-bond acceptors (Lipinski definition) is 2. The molecule has 0 amide bonds. The van der Waals surface area contributed by atoms with Crippen LogP contribution in [0.4, 0.5) is 0 Å². The van der Waals surface area contributed by atoms with E-state index in [0.717, 1.165) is 11.5 Å². The first kappa shape index (κ1) is 10.2. The van der Waals surface area contributed by atoms with Gasteiger partial charge >= 0.3 is 0 Å². The first-order chi connectivity index (χ1) is 4.79. The standard InChI is InChI=1S/C8H14S2/c1-3-7(5-9)8(4-2)6-10/h3-4,7-10H,1-2,5-6H2/t7-,8-/m1/s1. The summed E-state index contributed by atoms with van der Waals surface area (Å²) in [5, 5.41) is 0. The molecule has 0 N–H and O–H groups in total. The van der Waals surface area contributed by atoms with Crippen molar-refractivity contribution < 1.29 is 0 Å². The number of hydrogen-bond donors (Lipinski definition) is 2. The molecule has 0 spiro atoms. The number of rotatable bonds is 5. The van der Waals surface area contributed by atoms with Crippen molar-refractivity contribution in [3.8, 4) is 0 Å². The molecule has 0 aromatic heterocycles. The lowest BCUT2D eigenvalue weighted by Gasteiger charge is -2.16. The van der Waals surface area contributed by atoms with Crippen LogP contribution in [0.2, 0.25) is 0 Å². The predicted octanol–water partition coefficient (Wildman–Crippen LogP) is 2.45. The van der Waals surface area contributed by atoms with Gasteiger partial charge in [-0.1, -0.05) is 12.2 Å². The molecule has 58 valence electrons. The van der Waals surface area contributed by atoms with Gasteiger partial charge in [0.15, 0.2) is 0 Å². The minimum Gasteiger partial charge on any atom is -0.179 e. The van der Waals surface area contributed by atoms with Crippen LogP contribution in [0.1, 0.15) is 0 Å². The fourth-order valence-electron chi connectivity index (χ4n) is 0.769. The highest BCUT2D eigenvalue weighted by atomic mass is 32.1. The van der Waals surface area contributed by atoms with Crippen molar-refractivity contribution in [3.05, 3.63) is 25.3 Å². The van der Waals surface area contributed by atoms with E-state index in [-0.39, 0.29) is 0 Å². The molecule has 0 nitrogen and oxygen atoms in total. The molecule has 0 bridgehead atoms. The Bertz CT molecular complexity index is 95.8. The maximum atomic E-state index is 4.19. The lowest BCUT2D eigenvalue weighted by Crippen LogP contribution is -2.12. The van der Waals surface area contributed by atoms with Crippen LogP contribution in [-0.4, -0.2) is 11.5 Å². The molecule has 0 radical (unpaired) electrons. The molecule has 10 heavy (non-hydrogen) atoms. The van der Waals surface area contributed by atoms with Crippen molar-refractivity contribution in [1.82, 2.24) is 0 Å². The average Bonchev–Trinajstić information content (AvgIpc) is 2.00. The summed E-state index contributed by atoms with van der Waals surface area (Å²) in [6.07, 6.45) is 3.82. The van der Waals surface area contributed by atoms with Crippen molar-refractivity contribution in [2.75, 3.05) is 11.5 Å². The molecule has 2 atom stereocenters.